The van der Waals surface area contributed by atoms with Gasteiger partial charge in [-0.05, 0) is 58.7 Å². The van der Waals surface area contributed by atoms with Gasteiger partial charge in [0.05, 0.1) is 0 Å². The number of nitrogens with one attached hydrogen (secondary N) is 1. The van der Waals surface area contributed by atoms with Gasteiger partial charge in [-0.2, -0.15) is 105 Å². The van der Waals surface area contributed by atoms with E-state index in [1.165, 1.54) is 0 Å². The molecule has 0 aromatic rings. The molecule has 0 aliphatic heterocycles. The number of rotatable bonds is 36. The van der Waals surface area contributed by atoms with E-state index in [9.17, 15) is 101 Å². The van der Waals surface area contributed by atoms with Crippen LogP contribution < -0.4 is 11.1 Å². The van der Waals surface area contributed by atoms with Crippen molar-refractivity contribution in [1.29, 1.82) is 0 Å². The van der Waals surface area contributed by atoms with Crippen LogP contribution in [-0.2, 0) is 4.79 Å². The molecule has 0 aliphatic rings. The lowest BCUT2D eigenvalue weighted by atomic mass is 9.87. The Morgan fingerprint density at radius 2 is 0.851 bits per heavy atom. The summed E-state index contributed by atoms with van der Waals surface area (Å²) in [7, 11) is 0. The van der Waals surface area contributed by atoms with E-state index in [1.807, 2.05) is 6.92 Å². The quantitative estimate of drug-likeness (QED) is 0.0284. The fourth-order valence-corrected chi connectivity index (χ4v) is 6.00. The molecule has 1 amide bonds. The molecule has 1 radical (unpaired) electrons. The smallest absolute Gasteiger partial charge is 0.330 e. The molecule has 0 spiro atoms. The number of hydrogen-bond donors (Lipinski definition) is 2. The van der Waals surface area contributed by atoms with Crippen molar-refractivity contribution in [2.75, 3.05) is 39.3 Å². The summed E-state index contributed by atoms with van der Waals surface area (Å²) in [6.45, 7) is -5.65. The zero-order chi connectivity index (χ0) is 53.2. The average Bonchev–Trinajstić information content (AvgIpc) is 3.20. The van der Waals surface area contributed by atoms with Crippen LogP contribution in [0.5, 0.6) is 0 Å². The molecule has 2 unspecified atom stereocenters. The maximum Gasteiger partial charge on any atom is 0.398 e. The topological polar surface area (TPSA) is 61.6 Å². The van der Waals surface area contributed by atoms with Gasteiger partial charge in [0.2, 0.25) is 0 Å². The lowest BCUT2D eigenvalue weighted by Crippen LogP contribution is -2.76. The predicted molar refractivity (Wildman–Crippen MR) is 186 cm³/mol. The molecular weight excluding hydrogens is 998 g/mol. The molecule has 0 saturated heterocycles. The highest BCUT2D eigenvalue weighted by molar-refractivity contribution is 5.49. The second-order valence-electron chi connectivity index (χ2n) is 15.5. The lowest BCUT2D eigenvalue weighted by molar-refractivity contribution is -0.460. The number of hydrogen-bond acceptors (Lipinski definition) is 4. The third-order valence-electron chi connectivity index (χ3n) is 10.4. The van der Waals surface area contributed by atoms with E-state index < -0.39 is 159 Å². The van der Waals surface area contributed by atoms with Gasteiger partial charge in [0.25, 0.3) is 0 Å². The van der Waals surface area contributed by atoms with Crippen molar-refractivity contribution in [3.63, 3.8) is 0 Å². The van der Waals surface area contributed by atoms with Crippen molar-refractivity contribution in [3.05, 3.63) is 0 Å². The Morgan fingerprint density at radius 3 is 1.30 bits per heavy atom. The summed E-state index contributed by atoms with van der Waals surface area (Å²) in [6.07, 6.45) is -11.1. The Kier molecular flexibility index (Phi) is 22.8. The molecule has 31 heteroatoms. The average molecular weight is 1050 g/mol. The maximum absolute atomic E-state index is 15.5. The van der Waals surface area contributed by atoms with Gasteiger partial charge in [0.1, 0.15) is 0 Å². The molecule has 0 aliphatic carbocycles. The standard InChI is InChI=1S/C36H49F26N4O/c1-3-4-5-6-7-8-9-10-15-24(38)26(41,42)28(45,46)33(55,56)35(59,60)65(19-12-11-17-64-18-13-16-63)20-14-21-66(22-67)36(61,62)34(57,58)32(53,54)31(51,52)30(49,50)29(47,48)27(43,44)25(39,40)23(2)37/h23-24,64H,3-21,63H2,1-2H3. The van der Waals surface area contributed by atoms with E-state index in [0.717, 1.165) is 19.3 Å². The number of nitrogens with two attached hydrogens (primary N) is 1. The van der Waals surface area contributed by atoms with Gasteiger partial charge < -0.3 is 11.1 Å². The summed E-state index contributed by atoms with van der Waals surface area (Å²) in [5.41, 5.74) is 5.23. The predicted octanol–water partition coefficient (Wildman–Crippen LogP) is 12.5. The number of carbonyl (C=O) groups excluding carboxylic acids is 1. The van der Waals surface area contributed by atoms with Crippen LogP contribution in [0.15, 0.2) is 0 Å². The van der Waals surface area contributed by atoms with E-state index in [4.69, 9.17) is 5.73 Å². The van der Waals surface area contributed by atoms with Gasteiger partial charge in [0.15, 0.2) is 12.3 Å². The molecule has 401 valence electrons. The van der Waals surface area contributed by atoms with Crippen molar-refractivity contribution >= 4 is 6.41 Å². The summed E-state index contributed by atoms with van der Waals surface area (Å²) in [6, 6.07) is -14.3. The molecule has 0 saturated carbocycles. The van der Waals surface area contributed by atoms with E-state index in [0.29, 0.717) is 12.8 Å². The normalized spacial score (nSPS) is 15.9. The first-order chi connectivity index (χ1) is 30.0. The third kappa shape index (κ3) is 12.5. The van der Waals surface area contributed by atoms with Crippen molar-refractivity contribution in [3.8, 4) is 0 Å². The van der Waals surface area contributed by atoms with Gasteiger partial charge >= 0.3 is 77.7 Å². The number of alkyl halides is 26. The fourth-order valence-electron chi connectivity index (χ4n) is 6.00. The fraction of sp³-hybridized carbons (Fsp3) is 0.972. The monoisotopic (exact) mass is 1050 g/mol. The molecule has 67 heavy (non-hydrogen) atoms. The van der Waals surface area contributed by atoms with Crippen LogP contribution >= 0.6 is 0 Å². The minimum Gasteiger partial charge on any atom is -0.330 e. The Hall–Kier alpha value is -2.47. The van der Waals surface area contributed by atoms with Crippen LogP contribution in [0.25, 0.3) is 0 Å². The minimum absolute atomic E-state index is 0.0872. The third-order valence-corrected chi connectivity index (χ3v) is 10.4. The zero-order valence-electron chi connectivity index (χ0n) is 35.3. The highest BCUT2D eigenvalue weighted by Crippen LogP contribution is 2.64. The Balaban J connectivity index is 6.81. The Labute approximate surface area is 366 Å². The summed E-state index contributed by atoms with van der Waals surface area (Å²) in [4.78, 5) is 7.63. The maximum atomic E-state index is 15.5. The number of halogens is 26. The molecular formula is C36H49F26N4O. The summed E-state index contributed by atoms with van der Waals surface area (Å²) in [5.74, 6) is -80.9. The molecule has 0 aromatic heterocycles. The van der Waals surface area contributed by atoms with Crippen LogP contribution in [0, 0.1) is 0 Å². The van der Waals surface area contributed by atoms with Gasteiger partial charge in [0, 0.05) is 19.6 Å². The second kappa shape index (κ2) is 23.6. The van der Waals surface area contributed by atoms with Crippen molar-refractivity contribution in [1.82, 2.24) is 15.1 Å². The van der Waals surface area contributed by atoms with Crippen LogP contribution in [-0.4, -0.2) is 139 Å². The molecule has 0 rings (SSSR count). The Morgan fingerprint density at radius 1 is 0.463 bits per heavy atom. The molecule has 2 atom stereocenters. The molecule has 0 fully saturated rings. The van der Waals surface area contributed by atoms with E-state index in [2.05, 4.69) is 5.32 Å². The molecule has 5 nitrogen and oxygen atoms in total. The van der Waals surface area contributed by atoms with Crippen molar-refractivity contribution in [2.24, 2.45) is 5.73 Å². The minimum atomic E-state index is -9.05. The first kappa shape index (κ1) is 64.5. The largest absolute Gasteiger partial charge is 0.398 e. The van der Waals surface area contributed by atoms with Crippen LogP contribution in [0.2, 0.25) is 0 Å². The van der Waals surface area contributed by atoms with E-state index in [1.54, 1.807) is 0 Å². The van der Waals surface area contributed by atoms with Gasteiger partial charge in [-0.15, -0.1) is 0 Å². The summed E-state index contributed by atoms with van der Waals surface area (Å²) in [5, 5.41) is 2.59. The van der Waals surface area contributed by atoms with Gasteiger partial charge in [-0.25, -0.2) is 13.7 Å². The zero-order valence-corrected chi connectivity index (χ0v) is 35.3. The molecule has 0 heterocycles. The lowest BCUT2D eigenvalue weighted by Gasteiger charge is -2.44. The van der Waals surface area contributed by atoms with Gasteiger partial charge in [-0.1, -0.05) is 58.3 Å². The molecule has 3 N–H and O–H groups in total. The second-order valence-corrected chi connectivity index (χ2v) is 15.5. The highest BCUT2D eigenvalue weighted by atomic mass is 19.4. The van der Waals surface area contributed by atoms with E-state index >= 15 is 17.6 Å². The summed E-state index contributed by atoms with van der Waals surface area (Å²) < 4.78 is 375. The number of unbranched alkanes of at least 4 members (excludes halogenated alkanes) is 8. The van der Waals surface area contributed by atoms with Crippen LogP contribution in [0.4, 0.5) is 114 Å². The Bertz CT molecular complexity index is 1480. The first-order valence-electron chi connectivity index (χ1n) is 20.2. The summed E-state index contributed by atoms with van der Waals surface area (Å²) >= 11 is 0. The number of nitrogens with zero attached hydrogens (tertiary/aromatic N) is 2. The highest BCUT2D eigenvalue weighted by Gasteiger charge is 2.95. The van der Waals surface area contributed by atoms with Crippen LogP contribution in [0.1, 0.15) is 97.3 Å². The SMILES string of the molecule is CCCCCCCCCCC(F)C(F)(F)C(F)(F)C(F)(F)C(F)(F)N(CCCCNCCCN)CCCN([C]=O)C(F)(F)C(F)(F)C(F)(F)C(F)(F)C(F)(F)C(F)(F)C(F)(F)C(F)(F)C(C)F. The first-order valence-corrected chi connectivity index (χ1v) is 20.2. The molecule has 0 aromatic carbocycles. The van der Waals surface area contributed by atoms with Crippen LogP contribution in [0.3, 0.4) is 0 Å². The van der Waals surface area contributed by atoms with Gasteiger partial charge in [-0.3, -0.25) is 9.69 Å². The molecule has 0 bridgehead atoms. The van der Waals surface area contributed by atoms with Crippen molar-refractivity contribution < 1.29 is 119 Å². The van der Waals surface area contributed by atoms with Crippen molar-refractivity contribution in [2.45, 2.75) is 181 Å². The van der Waals surface area contributed by atoms with E-state index in [-0.39, 0.29) is 38.9 Å². The number of amides is 1.